The van der Waals surface area contributed by atoms with E-state index in [-0.39, 0.29) is 0 Å². The summed E-state index contributed by atoms with van der Waals surface area (Å²) in [5.41, 5.74) is 0. The Morgan fingerprint density at radius 1 is 1.18 bits per heavy atom. The molecule has 0 aromatic carbocycles. The Morgan fingerprint density at radius 3 is 2.76 bits per heavy atom. The first-order valence-corrected chi connectivity index (χ1v) is 7.46. The van der Waals surface area contributed by atoms with Crippen molar-refractivity contribution < 1.29 is 4.74 Å². The lowest BCUT2D eigenvalue weighted by molar-refractivity contribution is 0.00622. The third-order valence-corrected chi connectivity index (χ3v) is 4.08. The van der Waals surface area contributed by atoms with E-state index >= 15 is 0 Å². The van der Waals surface area contributed by atoms with E-state index in [0.29, 0.717) is 6.10 Å². The van der Waals surface area contributed by atoms with Gasteiger partial charge in [0.2, 0.25) is 0 Å². The van der Waals surface area contributed by atoms with Gasteiger partial charge in [0.05, 0.1) is 6.10 Å². The van der Waals surface area contributed by atoms with Crippen LogP contribution >= 0.6 is 0 Å². The largest absolute Gasteiger partial charge is 0.377 e. The van der Waals surface area contributed by atoms with Gasteiger partial charge in [-0.3, -0.25) is 4.90 Å². The van der Waals surface area contributed by atoms with Gasteiger partial charge in [-0.2, -0.15) is 0 Å². The molecule has 17 heavy (non-hydrogen) atoms. The highest BCUT2D eigenvalue weighted by atomic mass is 16.5. The van der Waals surface area contributed by atoms with Crippen LogP contribution in [-0.4, -0.2) is 49.8 Å². The molecule has 3 nitrogen and oxygen atoms in total. The molecule has 0 amide bonds. The molecule has 3 heteroatoms. The third-order valence-electron chi connectivity index (χ3n) is 4.08. The summed E-state index contributed by atoms with van der Waals surface area (Å²) < 4.78 is 5.73. The van der Waals surface area contributed by atoms with Crippen molar-refractivity contribution in [2.45, 2.75) is 57.6 Å². The second-order valence-electron chi connectivity index (χ2n) is 5.46. The zero-order valence-corrected chi connectivity index (χ0v) is 11.3. The quantitative estimate of drug-likeness (QED) is 0.769. The van der Waals surface area contributed by atoms with Crippen molar-refractivity contribution in [1.82, 2.24) is 10.2 Å². The first kappa shape index (κ1) is 13.3. The number of nitrogens with one attached hydrogen (secondary N) is 1. The maximum absolute atomic E-state index is 5.73. The molecule has 1 unspecified atom stereocenters. The predicted molar refractivity (Wildman–Crippen MR) is 71.3 cm³/mol. The molecule has 1 atom stereocenters. The molecule has 100 valence electrons. The van der Waals surface area contributed by atoms with E-state index < -0.39 is 0 Å². The number of nitrogens with zero attached hydrogens (tertiary/aromatic N) is 1. The summed E-state index contributed by atoms with van der Waals surface area (Å²) in [5, 5.41) is 3.69. The van der Waals surface area contributed by atoms with Crippen LogP contribution in [0, 0.1) is 0 Å². The van der Waals surface area contributed by atoms with Crippen LogP contribution in [0.2, 0.25) is 0 Å². The van der Waals surface area contributed by atoms with Crippen molar-refractivity contribution in [3.63, 3.8) is 0 Å². The van der Waals surface area contributed by atoms with Gasteiger partial charge in [0.15, 0.2) is 0 Å². The molecule has 0 spiro atoms. The second-order valence-corrected chi connectivity index (χ2v) is 5.46. The van der Waals surface area contributed by atoms with Crippen LogP contribution in [0.3, 0.4) is 0 Å². The predicted octanol–water partition coefficient (Wildman–Crippen LogP) is 2.02. The minimum absolute atomic E-state index is 0.486. The van der Waals surface area contributed by atoms with Crippen molar-refractivity contribution in [1.29, 1.82) is 0 Å². The fourth-order valence-electron chi connectivity index (χ4n) is 3.14. The molecule has 1 heterocycles. The number of ether oxygens (including phenoxy) is 1. The molecule has 1 aliphatic carbocycles. The number of piperidine rings is 1. The van der Waals surface area contributed by atoms with Gasteiger partial charge in [0.1, 0.15) is 0 Å². The van der Waals surface area contributed by atoms with Crippen LogP contribution in [0.25, 0.3) is 0 Å². The molecule has 2 rings (SSSR count). The van der Waals surface area contributed by atoms with E-state index in [0.717, 1.165) is 25.7 Å². The molecule has 0 aromatic heterocycles. The Labute approximate surface area is 106 Å². The normalized spacial score (nSPS) is 27.7. The van der Waals surface area contributed by atoms with Crippen LogP contribution in [-0.2, 0) is 4.74 Å². The lowest BCUT2D eigenvalue weighted by Gasteiger charge is -2.32. The lowest BCUT2D eigenvalue weighted by atomic mass is 10.1. The zero-order chi connectivity index (χ0) is 11.9. The van der Waals surface area contributed by atoms with E-state index in [1.165, 1.54) is 51.6 Å². The zero-order valence-electron chi connectivity index (χ0n) is 11.3. The summed E-state index contributed by atoms with van der Waals surface area (Å²) >= 11 is 0. The van der Waals surface area contributed by atoms with Crippen LogP contribution in [0.15, 0.2) is 0 Å². The Hall–Kier alpha value is -0.120. The molecule has 1 saturated carbocycles. The number of likely N-dealkylation sites (tertiary alicyclic amines) is 1. The highest BCUT2D eigenvalue weighted by molar-refractivity contribution is 4.77. The maximum atomic E-state index is 5.73. The van der Waals surface area contributed by atoms with E-state index in [2.05, 4.69) is 17.1 Å². The van der Waals surface area contributed by atoms with Crippen molar-refractivity contribution in [2.75, 3.05) is 32.8 Å². The SMILES string of the molecule is CCOC1CCCN(CCNC2CCCC2)C1. The summed E-state index contributed by atoms with van der Waals surface area (Å²) in [7, 11) is 0. The molecule has 0 bridgehead atoms. The Balaban J connectivity index is 1.58. The second kappa shape index (κ2) is 7.34. The Kier molecular flexibility index (Phi) is 5.75. The van der Waals surface area contributed by atoms with Gasteiger partial charge in [0.25, 0.3) is 0 Å². The summed E-state index contributed by atoms with van der Waals surface area (Å²) in [6.45, 7) is 7.71. The van der Waals surface area contributed by atoms with E-state index in [1.54, 1.807) is 0 Å². The minimum atomic E-state index is 0.486. The fraction of sp³-hybridized carbons (Fsp3) is 1.00. The fourth-order valence-corrected chi connectivity index (χ4v) is 3.14. The average molecular weight is 240 g/mol. The van der Waals surface area contributed by atoms with Crippen LogP contribution in [0.4, 0.5) is 0 Å². The standard InChI is InChI=1S/C14H28N2O/c1-2-17-14-8-5-10-16(12-14)11-9-15-13-6-3-4-7-13/h13-15H,2-12H2,1H3. The first-order chi connectivity index (χ1) is 8.38. The summed E-state index contributed by atoms with van der Waals surface area (Å²) in [4.78, 5) is 2.56. The topological polar surface area (TPSA) is 24.5 Å². The minimum Gasteiger partial charge on any atom is -0.377 e. The number of hydrogen-bond acceptors (Lipinski definition) is 3. The molecule has 1 aliphatic heterocycles. The smallest absolute Gasteiger partial charge is 0.0702 e. The molecule has 0 aromatic rings. The Morgan fingerprint density at radius 2 is 2.00 bits per heavy atom. The molecule has 0 radical (unpaired) electrons. The van der Waals surface area contributed by atoms with Gasteiger partial charge >= 0.3 is 0 Å². The monoisotopic (exact) mass is 240 g/mol. The van der Waals surface area contributed by atoms with Crippen LogP contribution < -0.4 is 5.32 Å². The van der Waals surface area contributed by atoms with Gasteiger partial charge in [-0.15, -0.1) is 0 Å². The third kappa shape index (κ3) is 4.57. The summed E-state index contributed by atoms with van der Waals surface area (Å²) in [6, 6.07) is 0.808. The van der Waals surface area contributed by atoms with Crippen molar-refractivity contribution in [2.24, 2.45) is 0 Å². The van der Waals surface area contributed by atoms with Crippen LogP contribution in [0.1, 0.15) is 45.4 Å². The first-order valence-electron chi connectivity index (χ1n) is 7.46. The molecule has 2 fully saturated rings. The molecular formula is C14H28N2O. The van der Waals surface area contributed by atoms with Gasteiger partial charge in [-0.05, 0) is 39.2 Å². The van der Waals surface area contributed by atoms with E-state index in [4.69, 9.17) is 4.74 Å². The van der Waals surface area contributed by atoms with Gasteiger partial charge in [-0.25, -0.2) is 0 Å². The molecular weight excluding hydrogens is 212 g/mol. The highest BCUT2D eigenvalue weighted by Gasteiger charge is 2.20. The van der Waals surface area contributed by atoms with Gasteiger partial charge < -0.3 is 10.1 Å². The van der Waals surface area contributed by atoms with Gasteiger partial charge in [0, 0.05) is 32.3 Å². The number of rotatable bonds is 6. The molecule has 1 N–H and O–H groups in total. The van der Waals surface area contributed by atoms with E-state index in [1.807, 2.05) is 0 Å². The van der Waals surface area contributed by atoms with Crippen LogP contribution in [0.5, 0.6) is 0 Å². The van der Waals surface area contributed by atoms with Crippen molar-refractivity contribution >= 4 is 0 Å². The van der Waals surface area contributed by atoms with E-state index in [9.17, 15) is 0 Å². The summed E-state index contributed by atoms with van der Waals surface area (Å²) in [6.07, 6.45) is 8.67. The number of hydrogen-bond donors (Lipinski definition) is 1. The van der Waals surface area contributed by atoms with Gasteiger partial charge in [-0.1, -0.05) is 12.8 Å². The molecule has 1 saturated heterocycles. The molecule has 2 aliphatic rings. The highest BCUT2D eigenvalue weighted by Crippen LogP contribution is 2.17. The average Bonchev–Trinajstić information content (AvgIpc) is 2.83. The lowest BCUT2D eigenvalue weighted by Crippen LogP contribution is -2.43. The van der Waals surface area contributed by atoms with Crippen molar-refractivity contribution in [3.8, 4) is 0 Å². The summed E-state index contributed by atoms with van der Waals surface area (Å²) in [5.74, 6) is 0. The maximum Gasteiger partial charge on any atom is 0.0702 e. The Bertz CT molecular complexity index is 202. The van der Waals surface area contributed by atoms with Crippen molar-refractivity contribution in [3.05, 3.63) is 0 Å².